The van der Waals surface area contributed by atoms with Crippen molar-refractivity contribution in [2.75, 3.05) is 55.1 Å². The highest BCUT2D eigenvalue weighted by atomic mass is 32.2. The molecular formula is C23H31F3N6O2S. The number of hydrogen-bond donors (Lipinski definition) is 1. The molecule has 0 saturated carbocycles. The number of benzene rings is 1. The first kappa shape index (κ1) is 25.6. The molecule has 0 bridgehead atoms. The van der Waals surface area contributed by atoms with E-state index in [9.17, 15) is 18.0 Å². The van der Waals surface area contributed by atoms with Gasteiger partial charge in [-0.15, -0.1) is 5.10 Å². The first-order valence-corrected chi connectivity index (χ1v) is 12.8. The second-order valence-corrected chi connectivity index (χ2v) is 9.61. The lowest BCUT2D eigenvalue weighted by Gasteiger charge is -2.39. The van der Waals surface area contributed by atoms with Crippen molar-refractivity contribution in [1.29, 1.82) is 0 Å². The van der Waals surface area contributed by atoms with E-state index >= 15 is 0 Å². The van der Waals surface area contributed by atoms with Gasteiger partial charge in [0.1, 0.15) is 0 Å². The highest BCUT2D eigenvalue weighted by Crippen LogP contribution is 2.35. The highest BCUT2D eigenvalue weighted by molar-refractivity contribution is 7.99. The lowest BCUT2D eigenvalue weighted by molar-refractivity contribution is -0.137. The van der Waals surface area contributed by atoms with Gasteiger partial charge in [0.2, 0.25) is 0 Å². The molecule has 0 aliphatic carbocycles. The highest BCUT2D eigenvalue weighted by Gasteiger charge is 2.33. The SMILES string of the molecule is CSNc1ccn(C(=O)N2CCN(Cc3ccc(C(F)(F)F)cc3N3CC(C)OC(C)C3)CC2)n1. The Hall–Kier alpha value is -2.44. The van der Waals surface area contributed by atoms with Gasteiger partial charge in [0, 0.05) is 70.0 Å². The third-order valence-corrected chi connectivity index (χ3v) is 6.61. The van der Waals surface area contributed by atoms with Gasteiger partial charge in [-0.05, 0) is 31.5 Å². The van der Waals surface area contributed by atoms with Crippen LogP contribution in [0.3, 0.4) is 0 Å². The van der Waals surface area contributed by atoms with Gasteiger partial charge in [0.05, 0.1) is 17.8 Å². The van der Waals surface area contributed by atoms with Crippen molar-refractivity contribution in [3.8, 4) is 0 Å². The molecule has 2 aliphatic heterocycles. The number of aromatic nitrogens is 2. The van der Waals surface area contributed by atoms with E-state index in [4.69, 9.17) is 4.74 Å². The van der Waals surface area contributed by atoms with E-state index in [2.05, 4.69) is 14.7 Å². The van der Waals surface area contributed by atoms with Gasteiger partial charge in [0.15, 0.2) is 5.82 Å². The Morgan fingerprint density at radius 1 is 1.14 bits per heavy atom. The molecule has 35 heavy (non-hydrogen) atoms. The predicted molar refractivity (Wildman–Crippen MR) is 131 cm³/mol. The second-order valence-electron chi connectivity index (χ2n) is 9.00. The quantitative estimate of drug-likeness (QED) is 0.608. The van der Waals surface area contributed by atoms with E-state index in [0.717, 1.165) is 11.6 Å². The van der Waals surface area contributed by atoms with Crippen LogP contribution in [-0.2, 0) is 17.5 Å². The second kappa shape index (κ2) is 10.7. The van der Waals surface area contributed by atoms with E-state index in [-0.39, 0.29) is 18.2 Å². The average Bonchev–Trinajstić information content (AvgIpc) is 3.27. The van der Waals surface area contributed by atoms with E-state index in [1.807, 2.05) is 25.0 Å². The Bertz CT molecular complexity index is 1010. The summed E-state index contributed by atoms with van der Waals surface area (Å²) < 4.78 is 50.5. The summed E-state index contributed by atoms with van der Waals surface area (Å²) in [6.45, 7) is 7.75. The maximum absolute atomic E-state index is 13.5. The average molecular weight is 513 g/mol. The Morgan fingerprint density at radius 2 is 1.83 bits per heavy atom. The van der Waals surface area contributed by atoms with Crippen molar-refractivity contribution >= 4 is 29.5 Å². The normalized spacial score (nSPS) is 21.9. The van der Waals surface area contributed by atoms with Crippen LogP contribution in [0.4, 0.5) is 29.5 Å². The maximum atomic E-state index is 13.5. The molecule has 8 nitrogen and oxygen atoms in total. The molecule has 2 unspecified atom stereocenters. The minimum Gasteiger partial charge on any atom is -0.372 e. The predicted octanol–water partition coefficient (Wildman–Crippen LogP) is 3.99. The number of hydrogen-bond acceptors (Lipinski definition) is 7. The van der Waals surface area contributed by atoms with E-state index in [1.54, 1.807) is 23.2 Å². The lowest BCUT2D eigenvalue weighted by Crippen LogP contribution is -2.50. The van der Waals surface area contributed by atoms with Gasteiger partial charge in [-0.1, -0.05) is 18.0 Å². The number of ether oxygens (including phenoxy) is 1. The van der Waals surface area contributed by atoms with Crippen LogP contribution in [0.1, 0.15) is 25.0 Å². The smallest absolute Gasteiger partial charge is 0.372 e. The van der Waals surface area contributed by atoms with Gasteiger partial charge in [-0.3, -0.25) is 4.90 Å². The Balaban J connectivity index is 1.44. The number of rotatable bonds is 5. The van der Waals surface area contributed by atoms with Crippen molar-refractivity contribution in [1.82, 2.24) is 19.6 Å². The number of piperazine rings is 1. The van der Waals surface area contributed by atoms with Crippen LogP contribution in [0, 0.1) is 0 Å². The molecule has 2 saturated heterocycles. The molecule has 1 amide bonds. The van der Waals surface area contributed by atoms with Crippen LogP contribution in [0.15, 0.2) is 30.5 Å². The number of amides is 1. The van der Waals surface area contributed by atoms with Gasteiger partial charge < -0.3 is 19.3 Å². The van der Waals surface area contributed by atoms with Crippen LogP contribution < -0.4 is 9.62 Å². The lowest BCUT2D eigenvalue weighted by atomic mass is 10.0. The Labute approximate surface area is 207 Å². The Kier molecular flexibility index (Phi) is 7.82. The number of carbonyl (C=O) groups is 1. The molecular weight excluding hydrogens is 481 g/mol. The molecule has 2 fully saturated rings. The fourth-order valence-electron chi connectivity index (χ4n) is 4.62. The van der Waals surface area contributed by atoms with Crippen LogP contribution in [0.2, 0.25) is 0 Å². The monoisotopic (exact) mass is 512 g/mol. The number of halogens is 3. The van der Waals surface area contributed by atoms with Crippen molar-refractivity contribution in [2.24, 2.45) is 0 Å². The minimum atomic E-state index is -4.40. The standard InChI is InChI=1S/C23H31F3N6O2S/c1-16-13-31(14-17(2)34-16)20-12-19(23(24,25)26)5-4-18(20)15-29-8-10-30(11-9-29)22(33)32-7-6-21(27-32)28-35-3/h4-7,12,16-17H,8-11,13-15H2,1-3H3,(H,27,28). The molecule has 2 aromatic rings. The molecule has 0 spiro atoms. The minimum absolute atomic E-state index is 0.0652. The Morgan fingerprint density at radius 3 is 2.46 bits per heavy atom. The van der Waals surface area contributed by atoms with Crippen LogP contribution in [0.5, 0.6) is 0 Å². The fourth-order valence-corrected chi connectivity index (χ4v) is 4.93. The summed E-state index contributed by atoms with van der Waals surface area (Å²) in [5.41, 5.74) is 0.803. The van der Waals surface area contributed by atoms with Gasteiger partial charge in [-0.25, -0.2) is 4.79 Å². The molecule has 3 heterocycles. The molecule has 4 rings (SSSR count). The summed E-state index contributed by atoms with van der Waals surface area (Å²) in [6.07, 6.45) is -1.02. The third kappa shape index (κ3) is 6.22. The van der Waals surface area contributed by atoms with Crippen LogP contribution >= 0.6 is 11.9 Å². The molecule has 2 aliphatic rings. The van der Waals surface area contributed by atoms with E-state index < -0.39 is 11.7 Å². The molecule has 1 N–H and O–H groups in total. The van der Waals surface area contributed by atoms with Crippen molar-refractivity contribution in [3.05, 3.63) is 41.6 Å². The largest absolute Gasteiger partial charge is 0.416 e. The summed E-state index contributed by atoms with van der Waals surface area (Å²) in [5.74, 6) is 0.617. The molecule has 192 valence electrons. The van der Waals surface area contributed by atoms with Crippen molar-refractivity contribution in [2.45, 2.75) is 38.8 Å². The maximum Gasteiger partial charge on any atom is 0.416 e. The van der Waals surface area contributed by atoms with Crippen LogP contribution in [-0.4, -0.2) is 83.3 Å². The fraction of sp³-hybridized carbons (Fsp3) is 0.565. The van der Waals surface area contributed by atoms with Gasteiger partial charge in [-0.2, -0.15) is 17.9 Å². The van der Waals surface area contributed by atoms with Gasteiger partial charge >= 0.3 is 12.2 Å². The number of morpholine rings is 1. The summed E-state index contributed by atoms with van der Waals surface area (Å²) in [4.78, 5) is 18.7. The summed E-state index contributed by atoms with van der Waals surface area (Å²) in [7, 11) is 0. The number of alkyl halides is 3. The van der Waals surface area contributed by atoms with Crippen LogP contribution in [0.25, 0.3) is 0 Å². The first-order valence-electron chi connectivity index (χ1n) is 11.6. The van der Waals surface area contributed by atoms with Crippen molar-refractivity contribution in [3.63, 3.8) is 0 Å². The number of nitrogens with zero attached hydrogens (tertiary/aromatic N) is 5. The van der Waals surface area contributed by atoms with Crippen molar-refractivity contribution < 1.29 is 22.7 Å². The van der Waals surface area contributed by atoms with Gasteiger partial charge in [0.25, 0.3) is 0 Å². The number of anilines is 2. The molecule has 1 aromatic carbocycles. The number of nitrogens with one attached hydrogen (secondary N) is 1. The molecule has 1 aromatic heterocycles. The summed E-state index contributed by atoms with van der Waals surface area (Å²) >= 11 is 1.40. The zero-order valence-electron chi connectivity index (χ0n) is 20.1. The molecule has 12 heteroatoms. The first-order chi connectivity index (χ1) is 16.6. The summed E-state index contributed by atoms with van der Waals surface area (Å²) in [5, 5.41) is 4.24. The van der Waals surface area contributed by atoms with E-state index in [1.165, 1.54) is 22.7 Å². The van der Waals surface area contributed by atoms with E-state index in [0.29, 0.717) is 57.3 Å². The molecule has 0 radical (unpaired) electrons. The number of carbonyl (C=O) groups excluding carboxylic acids is 1. The third-order valence-electron chi connectivity index (χ3n) is 6.20. The molecule has 2 atom stereocenters. The zero-order chi connectivity index (χ0) is 25.2. The zero-order valence-corrected chi connectivity index (χ0v) is 20.9. The topological polar surface area (TPSA) is 65.9 Å². The summed E-state index contributed by atoms with van der Waals surface area (Å²) in [6, 6.07) is 5.56.